The smallest absolute Gasteiger partial charge is 0.213 e. The van der Waals surface area contributed by atoms with E-state index in [-0.39, 0.29) is 0 Å². The Morgan fingerprint density at radius 3 is 2.94 bits per heavy atom. The molecular weight excluding hydrogens is 222 g/mol. The largest absolute Gasteiger partial charge is 0.343 e. The fourth-order valence-corrected chi connectivity index (χ4v) is 2.58. The summed E-state index contributed by atoms with van der Waals surface area (Å²) in [5.41, 5.74) is 0. The van der Waals surface area contributed by atoms with Crippen molar-refractivity contribution in [2.45, 2.75) is 26.4 Å². The van der Waals surface area contributed by atoms with E-state index in [9.17, 15) is 0 Å². The van der Waals surface area contributed by atoms with Crippen LogP contribution in [0.2, 0.25) is 0 Å². The van der Waals surface area contributed by atoms with Crippen molar-refractivity contribution in [2.24, 2.45) is 5.92 Å². The van der Waals surface area contributed by atoms with Crippen molar-refractivity contribution in [1.29, 1.82) is 0 Å². The molecule has 0 aliphatic carbocycles. The summed E-state index contributed by atoms with van der Waals surface area (Å²) in [6, 6.07) is 4.57. The Labute approximate surface area is 98.7 Å². The van der Waals surface area contributed by atoms with E-state index >= 15 is 0 Å². The first-order chi connectivity index (χ1) is 7.77. The second-order valence-electron chi connectivity index (χ2n) is 3.97. The maximum absolute atomic E-state index is 4.70. The van der Waals surface area contributed by atoms with Gasteiger partial charge in [0.05, 0.1) is 6.54 Å². The number of hydrogen-bond donors (Lipinski definition) is 1. The van der Waals surface area contributed by atoms with Gasteiger partial charge < -0.3 is 9.84 Å². The molecule has 0 aliphatic rings. The maximum Gasteiger partial charge on any atom is 0.213 e. The molecule has 0 aromatic carbocycles. The molecule has 2 aromatic heterocycles. The van der Waals surface area contributed by atoms with Crippen molar-refractivity contribution in [3.63, 3.8) is 0 Å². The summed E-state index contributed by atoms with van der Waals surface area (Å²) in [5.74, 6) is 1.23. The highest BCUT2D eigenvalue weighted by molar-refractivity contribution is 7.10. The predicted octanol–water partition coefficient (Wildman–Crippen LogP) is 2.62. The van der Waals surface area contributed by atoms with Crippen molar-refractivity contribution in [3.8, 4) is 0 Å². The Morgan fingerprint density at radius 1 is 1.50 bits per heavy atom. The molecule has 4 nitrogen and oxygen atoms in total. The van der Waals surface area contributed by atoms with Crippen LogP contribution in [0.1, 0.15) is 30.6 Å². The number of rotatable bonds is 5. The Balaban J connectivity index is 1.99. The molecule has 86 valence electrons. The SMILES string of the molecule is CC(C)C(NCc1ncon1)c1cccs1. The van der Waals surface area contributed by atoms with Crippen LogP contribution in [0.15, 0.2) is 28.4 Å². The molecule has 16 heavy (non-hydrogen) atoms. The zero-order valence-electron chi connectivity index (χ0n) is 9.38. The summed E-state index contributed by atoms with van der Waals surface area (Å²) >= 11 is 1.77. The second kappa shape index (κ2) is 5.23. The highest BCUT2D eigenvalue weighted by atomic mass is 32.1. The van der Waals surface area contributed by atoms with Gasteiger partial charge in [-0.25, -0.2) is 0 Å². The van der Waals surface area contributed by atoms with Gasteiger partial charge in [0, 0.05) is 10.9 Å². The van der Waals surface area contributed by atoms with Crippen molar-refractivity contribution in [1.82, 2.24) is 15.5 Å². The van der Waals surface area contributed by atoms with Gasteiger partial charge in [0.15, 0.2) is 5.82 Å². The highest BCUT2D eigenvalue weighted by Crippen LogP contribution is 2.25. The number of thiophene rings is 1. The van der Waals surface area contributed by atoms with E-state index in [0.717, 1.165) is 0 Å². The van der Waals surface area contributed by atoms with Crippen LogP contribution in [0.5, 0.6) is 0 Å². The van der Waals surface area contributed by atoms with Gasteiger partial charge in [0.1, 0.15) is 0 Å². The average Bonchev–Trinajstić information content (AvgIpc) is 2.88. The van der Waals surface area contributed by atoms with Gasteiger partial charge in [-0.3, -0.25) is 0 Å². The first kappa shape index (κ1) is 11.3. The lowest BCUT2D eigenvalue weighted by Gasteiger charge is -2.20. The third kappa shape index (κ3) is 2.68. The molecule has 0 aliphatic heterocycles. The van der Waals surface area contributed by atoms with Gasteiger partial charge in [-0.2, -0.15) is 4.98 Å². The Morgan fingerprint density at radius 2 is 2.38 bits per heavy atom. The molecule has 0 bridgehead atoms. The third-order valence-electron chi connectivity index (χ3n) is 2.40. The van der Waals surface area contributed by atoms with E-state index in [1.807, 2.05) is 0 Å². The number of nitrogens with one attached hydrogen (secondary N) is 1. The van der Waals surface area contributed by atoms with Crippen molar-refractivity contribution in [3.05, 3.63) is 34.6 Å². The molecule has 1 N–H and O–H groups in total. The van der Waals surface area contributed by atoms with Crippen molar-refractivity contribution >= 4 is 11.3 Å². The van der Waals surface area contributed by atoms with Gasteiger partial charge in [0.2, 0.25) is 6.39 Å². The molecule has 2 aromatic rings. The normalized spacial score (nSPS) is 13.2. The predicted molar refractivity (Wildman–Crippen MR) is 63.0 cm³/mol. The van der Waals surface area contributed by atoms with Crippen LogP contribution in [0, 0.1) is 5.92 Å². The Bertz CT molecular complexity index is 397. The molecule has 5 heteroatoms. The van der Waals surface area contributed by atoms with Crippen LogP contribution < -0.4 is 5.32 Å². The zero-order chi connectivity index (χ0) is 11.4. The van der Waals surface area contributed by atoms with E-state index in [1.165, 1.54) is 11.3 Å². The minimum absolute atomic E-state index is 0.346. The molecule has 0 fully saturated rings. The summed E-state index contributed by atoms with van der Waals surface area (Å²) in [4.78, 5) is 5.34. The van der Waals surface area contributed by atoms with Crippen molar-refractivity contribution < 1.29 is 4.52 Å². The molecule has 2 heterocycles. The summed E-state index contributed by atoms with van der Waals surface area (Å²) in [7, 11) is 0. The number of nitrogens with zero attached hydrogens (tertiary/aromatic N) is 2. The Kier molecular flexibility index (Phi) is 3.69. The maximum atomic E-state index is 4.70. The number of aromatic nitrogens is 2. The van der Waals surface area contributed by atoms with Gasteiger partial charge >= 0.3 is 0 Å². The van der Waals surface area contributed by atoms with Crippen LogP contribution in [0.25, 0.3) is 0 Å². The van der Waals surface area contributed by atoms with Crippen LogP contribution in [-0.4, -0.2) is 10.1 Å². The first-order valence-corrected chi connectivity index (χ1v) is 6.17. The lowest BCUT2D eigenvalue weighted by molar-refractivity contribution is 0.387. The lowest BCUT2D eigenvalue weighted by Crippen LogP contribution is -2.25. The standard InChI is InChI=1S/C11H15N3OS/c1-8(2)11(9-4-3-5-16-9)12-6-10-13-7-15-14-10/h3-5,7-8,11-12H,6H2,1-2H3. The molecule has 0 saturated carbocycles. The summed E-state index contributed by atoms with van der Waals surface area (Å²) < 4.78 is 4.70. The first-order valence-electron chi connectivity index (χ1n) is 5.29. The zero-order valence-corrected chi connectivity index (χ0v) is 10.2. The molecule has 0 radical (unpaired) electrons. The van der Waals surface area contributed by atoms with Gasteiger partial charge in [-0.05, 0) is 17.4 Å². The van der Waals surface area contributed by atoms with E-state index in [1.54, 1.807) is 11.3 Å². The molecule has 1 atom stereocenters. The molecule has 0 saturated heterocycles. The summed E-state index contributed by atoms with van der Waals surface area (Å²) in [6.07, 6.45) is 1.35. The average molecular weight is 237 g/mol. The summed E-state index contributed by atoms with van der Waals surface area (Å²) in [5, 5.41) is 9.33. The van der Waals surface area contributed by atoms with E-state index in [4.69, 9.17) is 4.52 Å². The third-order valence-corrected chi connectivity index (χ3v) is 3.36. The topological polar surface area (TPSA) is 51.0 Å². The van der Waals surface area contributed by atoms with E-state index < -0.39 is 0 Å². The van der Waals surface area contributed by atoms with Crippen LogP contribution >= 0.6 is 11.3 Å². The molecule has 0 amide bonds. The highest BCUT2D eigenvalue weighted by Gasteiger charge is 2.16. The van der Waals surface area contributed by atoms with Gasteiger partial charge in [0.25, 0.3) is 0 Å². The van der Waals surface area contributed by atoms with E-state index in [2.05, 4.69) is 46.8 Å². The fourth-order valence-electron chi connectivity index (χ4n) is 1.60. The van der Waals surface area contributed by atoms with Crippen molar-refractivity contribution in [2.75, 3.05) is 0 Å². The van der Waals surface area contributed by atoms with Crippen LogP contribution in [0.3, 0.4) is 0 Å². The monoisotopic (exact) mass is 237 g/mol. The summed E-state index contributed by atoms with van der Waals surface area (Å²) in [6.45, 7) is 5.04. The molecule has 0 spiro atoms. The van der Waals surface area contributed by atoms with E-state index in [0.29, 0.717) is 24.3 Å². The fraction of sp³-hybridized carbons (Fsp3) is 0.455. The minimum Gasteiger partial charge on any atom is -0.343 e. The van der Waals surface area contributed by atoms with Gasteiger partial charge in [-0.15, -0.1) is 11.3 Å². The van der Waals surface area contributed by atoms with Crippen LogP contribution in [-0.2, 0) is 6.54 Å². The molecule has 2 rings (SSSR count). The quantitative estimate of drug-likeness (QED) is 0.868. The minimum atomic E-state index is 0.346. The second-order valence-corrected chi connectivity index (χ2v) is 4.94. The van der Waals surface area contributed by atoms with Crippen LogP contribution in [0.4, 0.5) is 0 Å². The number of hydrogen-bond acceptors (Lipinski definition) is 5. The molecule has 1 unspecified atom stereocenters. The lowest BCUT2D eigenvalue weighted by atomic mass is 10.0. The van der Waals surface area contributed by atoms with Gasteiger partial charge in [-0.1, -0.05) is 25.1 Å². The molecular formula is C11H15N3OS. The Hall–Kier alpha value is -1.20.